The van der Waals surface area contributed by atoms with Crippen molar-refractivity contribution < 1.29 is 15.0 Å². The van der Waals surface area contributed by atoms with Crippen LogP contribution in [0.25, 0.3) is 0 Å². The van der Waals surface area contributed by atoms with E-state index in [0.717, 1.165) is 0 Å². The van der Waals surface area contributed by atoms with E-state index in [4.69, 9.17) is 5.11 Å². The van der Waals surface area contributed by atoms with Crippen molar-refractivity contribution >= 4 is 5.97 Å². The molecule has 14 heavy (non-hydrogen) atoms. The lowest BCUT2D eigenvalue weighted by Gasteiger charge is -2.05. The molecule has 1 rings (SSSR count). The predicted octanol–water partition coefficient (Wildman–Crippen LogP) is 0.972. The molecule has 0 bridgehead atoms. The summed E-state index contributed by atoms with van der Waals surface area (Å²) >= 11 is 0. The van der Waals surface area contributed by atoms with Gasteiger partial charge in [0.15, 0.2) is 0 Å². The van der Waals surface area contributed by atoms with Crippen LogP contribution in [0.15, 0.2) is 12.4 Å². The maximum absolute atomic E-state index is 10.3. The first-order chi connectivity index (χ1) is 6.50. The van der Waals surface area contributed by atoms with Crippen LogP contribution in [0.1, 0.15) is 38.0 Å². The van der Waals surface area contributed by atoms with Gasteiger partial charge in [-0.1, -0.05) is 0 Å². The Hall–Kier alpha value is -1.36. The summed E-state index contributed by atoms with van der Waals surface area (Å²) in [4.78, 5) is 10.3. The Morgan fingerprint density at radius 3 is 2.71 bits per heavy atom. The Morgan fingerprint density at radius 1 is 1.64 bits per heavy atom. The van der Waals surface area contributed by atoms with Crippen molar-refractivity contribution in [2.24, 2.45) is 0 Å². The third kappa shape index (κ3) is 2.56. The zero-order valence-electron chi connectivity index (χ0n) is 8.21. The molecule has 0 saturated heterocycles. The molecule has 1 aromatic rings. The molecule has 2 N–H and O–H groups in total. The molecule has 0 aromatic carbocycles. The van der Waals surface area contributed by atoms with Gasteiger partial charge in [-0.3, -0.25) is 9.48 Å². The van der Waals surface area contributed by atoms with E-state index >= 15 is 0 Å². The Labute approximate surface area is 82.0 Å². The number of aliphatic carboxylic acids is 1. The van der Waals surface area contributed by atoms with Gasteiger partial charge >= 0.3 is 5.97 Å². The number of carboxylic acid groups (broad SMARTS) is 1. The van der Waals surface area contributed by atoms with Crippen molar-refractivity contribution in [3.05, 3.63) is 18.0 Å². The van der Waals surface area contributed by atoms with Gasteiger partial charge in [-0.05, 0) is 13.8 Å². The number of carboxylic acids is 1. The van der Waals surface area contributed by atoms with Crippen LogP contribution >= 0.6 is 0 Å². The van der Waals surface area contributed by atoms with Crippen LogP contribution < -0.4 is 0 Å². The molecule has 0 amide bonds. The van der Waals surface area contributed by atoms with Crippen molar-refractivity contribution in [2.75, 3.05) is 0 Å². The average Bonchev–Trinajstić information content (AvgIpc) is 2.50. The largest absolute Gasteiger partial charge is 0.481 e. The summed E-state index contributed by atoms with van der Waals surface area (Å²) in [5.41, 5.74) is 0.543. The molecule has 78 valence electrons. The normalized spacial score (nSPS) is 13.1. The zero-order chi connectivity index (χ0) is 10.7. The molecule has 0 fully saturated rings. The molecule has 5 heteroatoms. The fraction of sp³-hybridized carbons (Fsp3) is 0.556. The first kappa shape index (κ1) is 10.7. The first-order valence-electron chi connectivity index (χ1n) is 4.44. The van der Waals surface area contributed by atoms with E-state index in [-0.39, 0.29) is 12.5 Å². The van der Waals surface area contributed by atoms with E-state index in [1.54, 1.807) is 10.9 Å². The van der Waals surface area contributed by atoms with Crippen molar-refractivity contribution in [1.82, 2.24) is 9.78 Å². The van der Waals surface area contributed by atoms with E-state index in [1.807, 2.05) is 13.8 Å². The van der Waals surface area contributed by atoms with Gasteiger partial charge in [0.05, 0.1) is 18.7 Å². The summed E-state index contributed by atoms with van der Waals surface area (Å²) in [5.74, 6) is -1.02. The predicted molar refractivity (Wildman–Crippen MR) is 49.8 cm³/mol. The van der Waals surface area contributed by atoms with E-state index in [1.165, 1.54) is 6.20 Å². The Bertz CT molecular complexity index is 320. The summed E-state index contributed by atoms with van der Waals surface area (Å²) in [7, 11) is 0. The molecule has 0 aliphatic carbocycles. The van der Waals surface area contributed by atoms with Crippen LogP contribution in [0.2, 0.25) is 0 Å². The van der Waals surface area contributed by atoms with Gasteiger partial charge in [0.1, 0.15) is 0 Å². The molecule has 5 nitrogen and oxygen atoms in total. The summed E-state index contributed by atoms with van der Waals surface area (Å²) in [6.45, 7) is 3.92. The molecular formula is C9H14N2O3. The lowest BCUT2D eigenvalue weighted by atomic mass is 10.1. The highest BCUT2D eigenvalue weighted by atomic mass is 16.4. The summed E-state index contributed by atoms with van der Waals surface area (Å²) < 4.78 is 1.68. The number of nitrogens with zero attached hydrogens (tertiary/aromatic N) is 2. The minimum Gasteiger partial charge on any atom is -0.481 e. The van der Waals surface area contributed by atoms with Gasteiger partial charge in [-0.2, -0.15) is 5.10 Å². The quantitative estimate of drug-likeness (QED) is 0.756. The first-order valence-corrected chi connectivity index (χ1v) is 4.44. The average molecular weight is 198 g/mol. The van der Waals surface area contributed by atoms with Crippen molar-refractivity contribution in [3.63, 3.8) is 0 Å². The van der Waals surface area contributed by atoms with Gasteiger partial charge < -0.3 is 10.2 Å². The number of aliphatic hydroxyl groups is 1. The van der Waals surface area contributed by atoms with Crippen molar-refractivity contribution in [3.8, 4) is 0 Å². The second-order valence-electron chi connectivity index (χ2n) is 3.46. The smallest absolute Gasteiger partial charge is 0.306 e. The highest BCUT2D eigenvalue weighted by Crippen LogP contribution is 2.16. The van der Waals surface area contributed by atoms with Crippen LogP contribution in [0.3, 0.4) is 0 Å². The van der Waals surface area contributed by atoms with Gasteiger partial charge in [-0.15, -0.1) is 0 Å². The maximum Gasteiger partial charge on any atom is 0.306 e. The summed E-state index contributed by atoms with van der Waals surface area (Å²) in [6.07, 6.45) is 1.90. The number of rotatable bonds is 4. The third-order valence-corrected chi connectivity index (χ3v) is 1.90. The Morgan fingerprint density at radius 2 is 2.29 bits per heavy atom. The monoisotopic (exact) mass is 198 g/mol. The summed E-state index contributed by atoms with van der Waals surface area (Å²) in [6, 6.07) is 0.209. The van der Waals surface area contributed by atoms with E-state index < -0.39 is 12.1 Å². The lowest BCUT2D eigenvalue weighted by molar-refractivity contribution is -0.139. The minimum absolute atomic E-state index is 0.209. The van der Waals surface area contributed by atoms with E-state index in [0.29, 0.717) is 5.56 Å². The molecule has 0 aliphatic rings. The fourth-order valence-electron chi connectivity index (χ4n) is 1.09. The van der Waals surface area contributed by atoms with E-state index in [2.05, 4.69) is 5.10 Å². The molecule has 0 radical (unpaired) electrons. The minimum atomic E-state index is -1.02. The topological polar surface area (TPSA) is 75.4 Å². The van der Waals surface area contributed by atoms with Crippen molar-refractivity contribution in [1.29, 1.82) is 0 Å². The van der Waals surface area contributed by atoms with Crippen LogP contribution in [0.4, 0.5) is 0 Å². The lowest BCUT2D eigenvalue weighted by Crippen LogP contribution is -2.05. The highest BCUT2D eigenvalue weighted by molar-refractivity contribution is 5.67. The van der Waals surface area contributed by atoms with Gasteiger partial charge in [0, 0.05) is 17.8 Å². The number of carbonyl (C=O) groups is 1. The molecule has 0 aliphatic heterocycles. The van der Waals surface area contributed by atoms with E-state index in [9.17, 15) is 9.90 Å². The second-order valence-corrected chi connectivity index (χ2v) is 3.46. The standard InChI is InChI=1S/C9H14N2O3/c1-6(2)11-5-7(4-10-11)8(12)3-9(13)14/h4-6,8,12H,3H2,1-2H3,(H,13,14)/t8-/m1/s1. The van der Waals surface area contributed by atoms with Crippen LogP contribution in [0.5, 0.6) is 0 Å². The molecule has 0 saturated carbocycles. The molecule has 0 unspecified atom stereocenters. The number of hydrogen-bond acceptors (Lipinski definition) is 3. The number of aliphatic hydroxyl groups excluding tert-OH is 1. The maximum atomic E-state index is 10.3. The second kappa shape index (κ2) is 4.23. The number of hydrogen-bond donors (Lipinski definition) is 2. The summed E-state index contributed by atoms with van der Waals surface area (Å²) in [5, 5.41) is 21.9. The van der Waals surface area contributed by atoms with Crippen LogP contribution in [0, 0.1) is 0 Å². The Balaban J connectivity index is 2.71. The SMILES string of the molecule is CC(C)n1cc([C@H](O)CC(=O)O)cn1. The molecule has 1 aromatic heterocycles. The van der Waals surface area contributed by atoms with Crippen LogP contribution in [-0.2, 0) is 4.79 Å². The molecule has 0 spiro atoms. The van der Waals surface area contributed by atoms with Gasteiger partial charge in [0.2, 0.25) is 0 Å². The molecule has 1 atom stereocenters. The van der Waals surface area contributed by atoms with Gasteiger partial charge in [-0.25, -0.2) is 0 Å². The molecular weight excluding hydrogens is 184 g/mol. The van der Waals surface area contributed by atoms with Crippen molar-refractivity contribution in [2.45, 2.75) is 32.4 Å². The van der Waals surface area contributed by atoms with Crippen LogP contribution in [-0.4, -0.2) is 26.0 Å². The van der Waals surface area contributed by atoms with Gasteiger partial charge in [0.25, 0.3) is 0 Å². The highest BCUT2D eigenvalue weighted by Gasteiger charge is 2.14. The fourth-order valence-corrected chi connectivity index (χ4v) is 1.09. The Kier molecular flexibility index (Phi) is 3.24. The third-order valence-electron chi connectivity index (χ3n) is 1.90. The zero-order valence-corrected chi connectivity index (χ0v) is 8.21. The number of aromatic nitrogens is 2. The molecule has 1 heterocycles.